The fraction of sp³-hybridized carbons (Fsp3) is 0.320. The van der Waals surface area contributed by atoms with Gasteiger partial charge in [0.05, 0.1) is 12.6 Å². The Labute approximate surface area is 208 Å². The first-order chi connectivity index (χ1) is 17.2. The van der Waals surface area contributed by atoms with Crippen molar-refractivity contribution in [1.82, 2.24) is 16.0 Å². The summed E-state index contributed by atoms with van der Waals surface area (Å²) in [4.78, 5) is 60.0. The lowest BCUT2D eigenvalue weighted by atomic mass is 10.0. The number of amides is 4. The highest BCUT2D eigenvalue weighted by Gasteiger charge is 2.26. The molecule has 192 valence electrons. The van der Waals surface area contributed by atoms with Crippen molar-refractivity contribution < 1.29 is 29.1 Å². The van der Waals surface area contributed by atoms with Gasteiger partial charge in [-0.25, -0.2) is 4.79 Å². The van der Waals surface area contributed by atoms with Crippen molar-refractivity contribution >= 4 is 29.6 Å². The molecule has 0 aliphatic heterocycles. The Morgan fingerprint density at radius 1 is 0.778 bits per heavy atom. The third-order valence-corrected chi connectivity index (χ3v) is 5.29. The predicted molar refractivity (Wildman–Crippen MR) is 131 cm³/mol. The molecule has 0 aromatic heterocycles. The third-order valence-electron chi connectivity index (χ3n) is 5.29. The average Bonchev–Trinajstić information content (AvgIpc) is 2.85. The molecule has 11 heteroatoms. The highest BCUT2D eigenvalue weighted by molar-refractivity contribution is 5.93. The Hall–Kier alpha value is -4.25. The van der Waals surface area contributed by atoms with Crippen LogP contribution in [0.1, 0.15) is 24.0 Å². The van der Waals surface area contributed by atoms with Gasteiger partial charge in [-0.15, -0.1) is 0 Å². The van der Waals surface area contributed by atoms with Crippen molar-refractivity contribution in [3.8, 4) is 0 Å². The third kappa shape index (κ3) is 9.94. The summed E-state index contributed by atoms with van der Waals surface area (Å²) in [6, 6.07) is 14.9. The Bertz CT molecular complexity index is 1050. The molecule has 0 fully saturated rings. The second kappa shape index (κ2) is 14.2. The van der Waals surface area contributed by atoms with Crippen molar-refractivity contribution in [1.29, 1.82) is 0 Å². The molecule has 0 saturated carbocycles. The highest BCUT2D eigenvalue weighted by Crippen LogP contribution is 2.06. The van der Waals surface area contributed by atoms with Gasteiger partial charge in [0, 0.05) is 12.8 Å². The standard InChI is InChI=1S/C25H31N5O6/c26-18(13-16-7-3-1-4-8-16)23(33)30-20(14-17-9-5-2-6-10-17)24(34)28-15-22(32)29-19(25(35)36)11-12-21(27)31/h1-10,18-20H,11-15,26H2,(H2,27,31)(H,28,34)(H,29,32)(H,30,33)(H,35,36). The van der Waals surface area contributed by atoms with Gasteiger partial charge in [-0.2, -0.15) is 0 Å². The molecule has 11 nitrogen and oxygen atoms in total. The van der Waals surface area contributed by atoms with E-state index in [1.54, 1.807) is 24.3 Å². The molecule has 2 aromatic rings. The highest BCUT2D eigenvalue weighted by atomic mass is 16.4. The molecule has 36 heavy (non-hydrogen) atoms. The van der Waals surface area contributed by atoms with E-state index in [4.69, 9.17) is 11.5 Å². The minimum absolute atomic E-state index is 0.147. The van der Waals surface area contributed by atoms with Crippen molar-refractivity contribution in [2.24, 2.45) is 11.5 Å². The van der Waals surface area contributed by atoms with E-state index in [0.717, 1.165) is 11.1 Å². The molecular formula is C25H31N5O6. The maximum atomic E-state index is 12.9. The van der Waals surface area contributed by atoms with Gasteiger partial charge in [0.1, 0.15) is 12.1 Å². The lowest BCUT2D eigenvalue weighted by Crippen LogP contribution is -2.54. The van der Waals surface area contributed by atoms with Crippen LogP contribution in [0.3, 0.4) is 0 Å². The second-order valence-corrected chi connectivity index (χ2v) is 8.23. The number of carbonyl (C=O) groups is 5. The fourth-order valence-electron chi connectivity index (χ4n) is 3.38. The summed E-state index contributed by atoms with van der Waals surface area (Å²) in [5.41, 5.74) is 12.7. The normalized spacial score (nSPS) is 13.0. The second-order valence-electron chi connectivity index (χ2n) is 8.23. The first-order valence-corrected chi connectivity index (χ1v) is 11.4. The van der Waals surface area contributed by atoms with Crippen LogP contribution in [0.2, 0.25) is 0 Å². The van der Waals surface area contributed by atoms with E-state index in [-0.39, 0.29) is 25.7 Å². The average molecular weight is 498 g/mol. The van der Waals surface area contributed by atoms with Gasteiger partial charge in [-0.3, -0.25) is 19.2 Å². The number of primary amides is 1. The van der Waals surface area contributed by atoms with Crippen LogP contribution in [-0.2, 0) is 36.8 Å². The molecule has 3 atom stereocenters. The largest absolute Gasteiger partial charge is 0.480 e. The molecule has 0 heterocycles. The molecule has 8 N–H and O–H groups in total. The van der Waals surface area contributed by atoms with E-state index in [1.807, 2.05) is 36.4 Å². The maximum Gasteiger partial charge on any atom is 0.326 e. The van der Waals surface area contributed by atoms with Crippen LogP contribution in [0.15, 0.2) is 60.7 Å². The topological polar surface area (TPSA) is 194 Å². The summed E-state index contributed by atoms with van der Waals surface area (Å²) in [5, 5.41) is 16.5. The molecule has 0 aliphatic rings. The summed E-state index contributed by atoms with van der Waals surface area (Å²) >= 11 is 0. The van der Waals surface area contributed by atoms with Crippen molar-refractivity contribution in [3.63, 3.8) is 0 Å². The van der Waals surface area contributed by atoms with Crippen molar-refractivity contribution in [2.45, 2.75) is 43.8 Å². The minimum Gasteiger partial charge on any atom is -0.480 e. The SMILES string of the molecule is NC(=O)CCC(NC(=O)CNC(=O)C(Cc1ccccc1)NC(=O)C(N)Cc1ccccc1)C(=O)O. The lowest BCUT2D eigenvalue weighted by Gasteiger charge is -2.21. The van der Waals surface area contributed by atoms with Gasteiger partial charge in [0.2, 0.25) is 23.6 Å². The number of aliphatic carboxylic acids is 1. The number of carbonyl (C=O) groups excluding carboxylic acids is 4. The van der Waals surface area contributed by atoms with E-state index in [0.29, 0.717) is 0 Å². The van der Waals surface area contributed by atoms with Crippen LogP contribution < -0.4 is 27.4 Å². The van der Waals surface area contributed by atoms with E-state index in [9.17, 15) is 29.1 Å². The molecule has 0 radical (unpaired) electrons. The molecular weight excluding hydrogens is 466 g/mol. The number of carboxylic acids is 1. The summed E-state index contributed by atoms with van der Waals surface area (Å²) in [6.45, 7) is -0.531. The van der Waals surface area contributed by atoms with Gasteiger partial charge < -0.3 is 32.5 Å². The number of rotatable bonds is 14. The first-order valence-electron chi connectivity index (χ1n) is 11.4. The van der Waals surface area contributed by atoms with Crippen LogP contribution in [0.4, 0.5) is 0 Å². The smallest absolute Gasteiger partial charge is 0.326 e. The Morgan fingerprint density at radius 2 is 1.33 bits per heavy atom. The number of nitrogens with two attached hydrogens (primary N) is 2. The van der Waals surface area contributed by atoms with E-state index >= 15 is 0 Å². The molecule has 2 rings (SSSR count). The van der Waals surface area contributed by atoms with Gasteiger partial charge >= 0.3 is 5.97 Å². The zero-order chi connectivity index (χ0) is 26.5. The fourth-order valence-corrected chi connectivity index (χ4v) is 3.38. The molecule has 0 aliphatic carbocycles. The number of hydrogen-bond acceptors (Lipinski definition) is 6. The molecule has 0 spiro atoms. The van der Waals surface area contributed by atoms with Crippen LogP contribution >= 0.6 is 0 Å². The first kappa shape index (κ1) is 28.0. The molecule has 3 unspecified atom stereocenters. The van der Waals surface area contributed by atoms with E-state index < -0.39 is 54.3 Å². The molecule has 2 aromatic carbocycles. The van der Waals surface area contributed by atoms with Crippen LogP contribution in [0.5, 0.6) is 0 Å². The monoisotopic (exact) mass is 497 g/mol. The van der Waals surface area contributed by atoms with Gasteiger partial charge in [0.15, 0.2) is 0 Å². The van der Waals surface area contributed by atoms with Crippen LogP contribution in [0.25, 0.3) is 0 Å². The Morgan fingerprint density at radius 3 is 1.86 bits per heavy atom. The summed E-state index contributed by atoms with van der Waals surface area (Å²) in [5.74, 6) is -3.98. The number of nitrogens with one attached hydrogen (secondary N) is 3. The van der Waals surface area contributed by atoms with Crippen molar-refractivity contribution in [2.75, 3.05) is 6.54 Å². The van der Waals surface area contributed by atoms with E-state index in [1.165, 1.54) is 0 Å². The zero-order valence-corrected chi connectivity index (χ0v) is 19.7. The number of hydrogen-bond donors (Lipinski definition) is 6. The quantitative estimate of drug-likeness (QED) is 0.197. The molecule has 0 saturated heterocycles. The lowest BCUT2D eigenvalue weighted by molar-refractivity contribution is -0.142. The van der Waals surface area contributed by atoms with Gasteiger partial charge in [-0.05, 0) is 24.0 Å². The Kier molecular flexibility index (Phi) is 11.1. The van der Waals surface area contributed by atoms with Crippen LogP contribution in [0, 0.1) is 0 Å². The van der Waals surface area contributed by atoms with Gasteiger partial charge in [-0.1, -0.05) is 60.7 Å². The molecule has 0 bridgehead atoms. The predicted octanol–water partition coefficient (Wildman–Crippen LogP) is -0.765. The van der Waals surface area contributed by atoms with E-state index in [2.05, 4.69) is 16.0 Å². The minimum atomic E-state index is -1.34. The zero-order valence-electron chi connectivity index (χ0n) is 19.7. The number of carboxylic acid groups (broad SMARTS) is 1. The Balaban J connectivity index is 2.00. The molecule has 4 amide bonds. The summed E-state index contributed by atoms with van der Waals surface area (Å²) < 4.78 is 0. The van der Waals surface area contributed by atoms with Gasteiger partial charge in [0.25, 0.3) is 0 Å². The van der Waals surface area contributed by atoms with Crippen molar-refractivity contribution in [3.05, 3.63) is 71.8 Å². The summed E-state index contributed by atoms with van der Waals surface area (Å²) in [6.07, 6.45) is 0.0133. The maximum absolute atomic E-state index is 12.9. The number of benzene rings is 2. The van der Waals surface area contributed by atoms with Crippen LogP contribution in [-0.4, -0.2) is 59.4 Å². The summed E-state index contributed by atoms with van der Waals surface area (Å²) in [7, 11) is 0.